The molecule has 0 aromatic carbocycles. The van der Waals surface area contributed by atoms with Crippen molar-refractivity contribution in [3.05, 3.63) is 24.3 Å². The van der Waals surface area contributed by atoms with Gasteiger partial charge in [-0.1, -0.05) is 0 Å². The monoisotopic (exact) mass is 179 g/mol. The van der Waals surface area contributed by atoms with Crippen LogP contribution in [0.5, 0.6) is 5.88 Å². The molecule has 0 saturated carbocycles. The fourth-order valence-electron chi connectivity index (χ4n) is 1.23. The van der Waals surface area contributed by atoms with Crippen LogP contribution in [-0.4, -0.2) is 26.6 Å². The van der Waals surface area contributed by atoms with E-state index in [0.29, 0.717) is 17.2 Å². The maximum Gasteiger partial charge on any atom is 0.218 e. The second kappa shape index (κ2) is 3.02. The predicted octanol–water partition coefficient (Wildman–Crippen LogP) is 0.230. The maximum absolute atomic E-state index is 9.01. The minimum absolute atomic E-state index is 0.0679. The Morgan fingerprint density at radius 2 is 2.31 bits per heavy atom. The van der Waals surface area contributed by atoms with Crippen LogP contribution in [-0.2, 0) is 6.61 Å². The minimum atomic E-state index is -0.0679. The van der Waals surface area contributed by atoms with Gasteiger partial charge in [-0.15, -0.1) is 0 Å². The molecule has 0 aliphatic rings. The first kappa shape index (κ1) is 8.00. The molecule has 13 heavy (non-hydrogen) atoms. The van der Waals surface area contributed by atoms with Gasteiger partial charge in [0, 0.05) is 0 Å². The summed E-state index contributed by atoms with van der Waals surface area (Å²) in [5.74, 6) is 0.569. The van der Waals surface area contributed by atoms with Crippen LogP contribution in [0, 0.1) is 0 Å². The number of aliphatic hydroxyl groups is 1. The van der Waals surface area contributed by atoms with E-state index in [0.717, 1.165) is 0 Å². The summed E-state index contributed by atoms with van der Waals surface area (Å²) in [6.07, 6.45) is 4.79. The number of aromatic nitrogens is 3. The molecule has 2 rings (SSSR count). The van der Waals surface area contributed by atoms with Crippen LogP contribution in [0.2, 0.25) is 0 Å². The van der Waals surface area contributed by atoms with Crippen molar-refractivity contribution in [3.63, 3.8) is 0 Å². The third kappa shape index (κ3) is 1.13. The Hall–Kier alpha value is -1.62. The van der Waals surface area contributed by atoms with E-state index in [4.69, 9.17) is 9.84 Å². The average Bonchev–Trinajstić information content (AvgIpc) is 2.60. The van der Waals surface area contributed by atoms with Crippen molar-refractivity contribution >= 4 is 5.65 Å². The lowest BCUT2D eigenvalue weighted by Gasteiger charge is -2.04. The Morgan fingerprint density at radius 3 is 3.00 bits per heavy atom. The van der Waals surface area contributed by atoms with Gasteiger partial charge in [-0.05, 0) is 0 Å². The summed E-state index contributed by atoms with van der Waals surface area (Å²) in [5.41, 5.74) is 1.36. The van der Waals surface area contributed by atoms with Crippen molar-refractivity contribution in [3.8, 4) is 5.88 Å². The molecule has 0 unspecified atom stereocenters. The van der Waals surface area contributed by atoms with E-state index < -0.39 is 0 Å². The highest BCUT2D eigenvalue weighted by molar-refractivity contribution is 5.40. The van der Waals surface area contributed by atoms with Gasteiger partial charge >= 0.3 is 0 Å². The predicted molar refractivity (Wildman–Crippen MR) is 45.5 cm³/mol. The largest absolute Gasteiger partial charge is 0.481 e. The summed E-state index contributed by atoms with van der Waals surface area (Å²) in [7, 11) is 1.55. The highest BCUT2D eigenvalue weighted by atomic mass is 16.5. The highest BCUT2D eigenvalue weighted by Gasteiger charge is 2.06. The molecule has 0 bridgehead atoms. The van der Waals surface area contributed by atoms with Crippen molar-refractivity contribution in [2.45, 2.75) is 6.61 Å². The fraction of sp³-hybridized carbons (Fsp3) is 0.250. The third-order valence-electron chi connectivity index (χ3n) is 1.83. The molecule has 0 fully saturated rings. The molecule has 0 aliphatic carbocycles. The maximum atomic E-state index is 9.01. The van der Waals surface area contributed by atoms with Crippen molar-refractivity contribution in [2.75, 3.05) is 7.11 Å². The molecule has 68 valence electrons. The molecule has 2 aromatic rings. The molecule has 2 heterocycles. The average molecular weight is 179 g/mol. The van der Waals surface area contributed by atoms with Crippen LogP contribution in [0.25, 0.3) is 5.65 Å². The van der Waals surface area contributed by atoms with Gasteiger partial charge in [0.1, 0.15) is 0 Å². The normalized spacial score (nSPS) is 10.6. The van der Waals surface area contributed by atoms with Crippen molar-refractivity contribution < 1.29 is 9.84 Å². The van der Waals surface area contributed by atoms with Crippen molar-refractivity contribution in [1.82, 2.24) is 14.4 Å². The third-order valence-corrected chi connectivity index (χ3v) is 1.83. The molecular formula is C8H9N3O2. The number of methoxy groups -OCH3 is 1. The van der Waals surface area contributed by atoms with Gasteiger partial charge in [0.15, 0.2) is 5.65 Å². The molecule has 0 saturated heterocycles. The number of fused-ring (bicyclic) bond motifs is 1. The number of hydrogen-bond donors (Lipinski definition) is 1. The lowest BCUT2D eigenvalue weighted by Crippen LogP contribution is -1.98. The number of aliphatic hydroxyl groups excluding tert-OH is 1. The Morgan fingerprint density at radius 1 is 1.46 bits per heavy atom. The van der Waals surface area contributed by atoms with Gasteiger partial charge in [0.25, 0.3) is 0 Å². The number of nitrogens with zero attached hydrogens (tertiary/aromatic N) is 3. The summed E-state index contributed by atoms with van der Waals surface area (Å²) in [4.78, 5) is 8.00. The van der Waals surface area contributed by atoms with Crippen molar-refractivity contribution in [1.29, 1.82) is 0 Å². The zero-order valence-electron chi connectivity index (χ0n) is 7.14. The van der Waals surface area contributed by atoms with E-state index in [9.17, 15) is 0 Å². The van der Waals surface area contributed by atoms with Crippen LogP contribution >= 0.6 is 0 Å². The first-order valence-electron chi connectivity index (χ1n) is 3.82. The molecule has 1 N–H and O–H groups in total. The van der Waals surface area contributed by atoms with Gasteiger partial charge in [0.05, 0.1) is 38.0 Å². The Labute approximate surface area is 74.6 Å². The highest BCUT2D eigenvalue weighted by Crippen LogP contribution is 2.14. The van der Waals surface area contributed by atoms with Gasteiger partial charge in [-0.3, -0.25) is 9.38 Å². The van der Waals surface area contributed by atoms with Crippen LogP contribution in [0.1, 0.15) is 5.69 Å². The Bertz CT molecular complexity index is 424. The quantitative estimate of drug-likeness (QED) is 0.716. The first-order chi connectivity index (χ1) is 6.36. The molecule has 0 radical (unpaired) electrons. The number of rotatable bonds is 2. The van der Waals surface area contributed by atoms with Crippen LogP contribution in [0.15, 0.2) is 18.6 Å². The lowest BCUT2D eigenvalue weighted by molar-refractivity contribution is 0.272. The smallest absolute Gasteiger partial charge is 0.218 e. The zero-order valence-corrected chi connectivity index (χ0v) is 7.14. The van der Waals surface area contributed by atoms with Gasteiger partial charge < -0.3 is 9.84 Å². The lowest BCUT2D eigenvalue weighted by atomic mass is 10.5. The fourth-order valence-corrected chi connectivity index (χ4v) is 1.23. The molecular weight excluding hydrogens is 170 g/mol. The van der Waals surface area contributed by atoms with Crippen LogP contribution < -0.4 is 4.74 Å². The molecule has 0 amide bonds. The number of hydrogen-bond acceptors (Lipinski definition) is 4. The molecule has 0 aliphatic heterocycles. The second-order valence-electron chi connectivity index (χ2n) is 2.55. The van der Waals surface area contributed by atoms with Gasteiger partial charge in [0.2, 0.25) is 5.88 Å². The molecule has 5 heteroatoms. The summed E-state index contributed by atoms with van der Waals surface area (Å²) in [6, 6.07) is 0. The summed E-state index contributed by atoms with van der Waals surface area (Å²) >= 11 is 0. The summed E-state index contributed by atoms with van der Waals surface area (Å²) in [6.45, 7) is -0.0679. The van der Waals surface area contributed by atoms with Gasteiger partial charge in [-0.25, -0.2) is 4.98 Å². The molecule has 0 atom stereocenters. The van der Waals surface area contributed by atoms with Gasteiger partial charge in [-0.2, -0.15) is 0 Å². The molecule has 0 spiro atoms. The summed E-state index contributed by atoms with van der Waals surface area (Å²) in [5, 5.41) is 9.01. The SMILES string of the molecule is COc1cncc2ncc(CO)n12. The van der Waals surface area contributed by atoms with Crippen molar-refractivity contribution in [2.24, 2.45) is 0 Å². The Balaban J connectivity index is 2.76. The van der Waals surface area contributed by atoms with Crippen LogP contribution in [0.4, 0.5) is 0 Å². The topological polar surface area (TPSA) is 59.7 Å². The standard InChI is InChI=1S/C8H9N3O2/c1-13-8-4-9-3-7-10-2-6(5-12)11(7)8/h2-4,12H,5H2,1H3. The van der Waals surface area contributed by atoms with E-state index in [2.05, 4.69) is 9.97 Å². The zero-order chi connectivity index (χ0) is 9.26. The molecule has 2 aromatic heterocycles. The Kier molecular flexibility index (Phi) is 1.86. The second-order valence-corrected chi connectivity index (χ2v) is 2.55. The minimum Gasteiger partial charge on any atom is -0.481 e. The molecule has 5 nitrogen and oxygen atoms in total. The first-order valence-corrected chi connectivity index (χ1v) is 3.82. The number of ether oxygens (including phenoxy) is 1. The van der Waals surface area contributed by atoms with E-state index in [1.807, 2.05) is 0 Å². The summed E-state index contributed by atoms with van der Waals surface area (Å²) < 4.78 is 6.79. The van der Waals surface area contributed by atoms with E-state index in [1.54, 1.807) is 30.1 Å². The van der Waals surface area contributed by atoms with E-state index in [-0.39, 0.29) is 6.61 Å². The van der Waals surface area contributed by atoms with Crippen LogP contribution in [0.3, 0.4) is 0 Å². The van der Waals surface area contributed by atoms with E-state index >= 15 is 0 Å². The van der Waals surface area contributed by atoms with E-state index in [1.165, 1.54) is 0 Å². The number of imidazole rings is 1.